The molecule has 3 rings (SSSR count). The van der Waals surface area contributed by atoms with Crippen molar-refractivity contribution in [1.82, 2.24) is 0 Å². The summed E-state index contributed by atoms with van der Waals surface area (Å²) >= 11 is 0. The molecule has 0 saturated carbocycles. The summed E-state index contributed by atoms with van der Waals surface area (Å²) in [6, 6.07) is 5.66. The lowest BCUT2D eigenvalue weighted by Gasteiger charge is -2.49. The van der Waals surface area contributed by atoms with Crippen LogP contribution in [0.1, 0.15) is 50.7 Å². The van der Waals surface area contributed by atoms with Gasteiger partial charge in [-0.2, -0.15) is 0 Å². The number of benzene rings is 1. The van der Waals surface area contributed by atoms with E-state index in [1.54, 1.807) is 0 Å². The number of aliphatic hydroxyl groups is 7. The Morgan fingerprint density at radius 3 is 1.95 bits per heavy atom. The summed E-state index contributed by atoms with van der Waals surface area (Å²) in [5.41, 5.74) is 1.72. The first-order chi connectivity index (χ1) is 18.9. The molecule has 1 aromatic carbocycles. The van der Waals surface area contributed by atoms with Crippen LogP contribution in [0.15, 0.2) is 18.2 Å². The van der Waals surface area contributed by atoms with Crippen molar-refractivity contribution in [2.75, 3.05) is 26.4 Å². The number of ether oxygens (including phenoxy) is 5. The molecule has 13 nitrogen and oxygen atoms in total. The monoisotopic (exact) mass is 574 g/mol. The predicted octanol–water partition coefficient (Wildman–Crippen LogP) is -0.637. The van der Waals surface area contributed by atoms with Crippen LogP contribution >= 0.6 is 0 Å². The van der Waals surface area contributed by atoms with Crippen LogP contribution in [0, 0.1) is 5.92 Å². The Labute approximate surface area is 232 Å². The molecule has 0 aromatic heterocycles. The van der Waals surface area contributed by atoms with Crippen LogP contribution in [-0.4, -0.2) is 123 Å². The average Bonchev–Trinajstić information content (AvgIpc) is 2.92. The molecule has 2 heterocycles. The van der Waals surface area contributed by atoms with Gasteiger partial charge in [0.25, 0.3) is 0 Å². The highest BCUT2D eigenvalue weighted by Crippen LogP contribution is 2.37. The SMILES string of the molecule is CC(C)c1cccc(C(C)C)c1OC(=O)OCCOC1OC(CO)[C@H]([C@H]2OC(CO)[C@@H](O)C(O)[C@H]2O)C(O)[C@H]1O. The second-order valence-corrected chi connectivity index (χ2v) is 10.7. The fourth-order valence-electron chi connectivity index (χ4n) is 5.11. The van der Waals surface area contributed by atoms with Gasteiger partial charge in [-0.25, -0.2) is 4.79 Å². The maximum Gasteiger partial charge on any atom is 0.513 e. The third kappa shape index (κ3) is 7.10. The number of hydrogen-bond donors (Lipinski definition) is 7. The Morgan fingerprint density at radius 1 is 0.800 bits per heavy atom. The van der Waals surface area contributed by atoms with E-state index in [2.05, 4.69) is 0 Å². The zero-order valence-electron chi connectivity index (χ0n) is 23.1. The van der Waals surface area contributed by atoms with Gasteiger partial charge in [-0.1, -0.05) is 45.9 Å². The summed E-state index contributed by atoms with van der Waals surface area (Å²) in [6.45, 7) is 6.03. The highest BCUT2D eigenvalue weighted by atomic mass is 16.7. The zero-order chi connectivity index (χ0) is 29.7. The Hall–Kier alpha value is -1.91. The van der Waals surface area contributed by atoms with Crippen molar-refractivity contribution >= 4 is 6.16 Å². The highest BCUT2D eigenvalue weighted by Gasteiger charge is 2.55. The van der Waals surface area contributed by atoms with E-state index in [1.165, 1.54) is 0 Å². The minimum absolute atomic E-state index is 0.104. The first-order valence-corrected chi connectivity index (χ1v) is 13.4. The predicted molar refractivity (Wildman–Crippen MR) is 138 cm³/mol. The second kappa shape index (κ2) is 14.3. The number of para-hydroxylation sites is 1. The van der Waals surface area contributed by atoms with Gasteiger partial charge in [-0.3, -0.25) is 0 Å². The summed E-state index contributed by atoms with van der Waals surface area (Å²) < 4.78 is 27.2. The van der Waals surface area contributed by atoms with Gasteiger partial charge in [0.05, 0.1) is 38.1 Å². The summed E-state index contributed by atoms with van der Waals surface area (Å²) in [6.07, 6.45) is -14.6. The lowest BCUT2D eigenvalue weighted by molar-refractivity contribution is -0.324. The van der Waals surface area contributed by atoms with Gasteiger partial charge in [-0.15, -0.1) is 0 Å². The lowest BCUT2D eigenvalue weighted by Crippen LogP contribution is -2.67. The van der Waals surface area contributed by atoms with E-state index in [4.69, 9.17) is 23.7 Å². The molecule has 0 radical (unpaired) electrons. The van der Waals surface area contributed by atoms with E-state index < -0.39 is 80.4 Å². The molecule has 13 heteroatoms. The van der Waals surface area contributed by atoms with E-state index in [1.807, 2.05) is 45.9 Å². The Morgan fingerprint density at radius 2 is 1.40 bits per heavy atom. The van der Waals surface area contributed by atoms with Gasteiger partial charge < -0.3 is 59.4 Å². The average molecular weight is 575 g/mol. The molecule has 2 saturated heterocycles. The fourth-order valence-corrected chi connectivity index (χ4v) is 5.11. The molecular formula is C27H42O13. The maximum absolute atomic E-state index is 12.4. The molecular weight excluding hydrogens is 532 g/mol. The van der Waals surface area contributed by atoms with Crippen LogP contribution in [0.3, 0.4) is 0 Å². The Balaban J connectivity index is 1.58. The molecule has 5 unspecified atom stereocenters. The van der Waals surface area contributed by atoms with Crippen molar-refractivity contribution in [3.8, 4) is 5.75 Å². The normalized spacial score (nSPS) is 34.7. The molecule has 0 aliphatic carbocycles. The quantitative estimate of drug-likeness (QED) is 0.106. The first-order valence-electron chi connectivity index (χ1n) is 13.4. The largest absolute Gasteiger partial charge is 0.513 e. The number of aliphatic hydroxyl groups excluding tert-OH is 7. The molecule has 2 fully saturated rings. The van der Waals surface area contributed by atoms with Crippen molar-refractivity contribution in [2.45, 2.75) is 94.7 Å². The fraction of sp³-hybridized carbons (Fsp3) is 0.741. The van der Waals surface area contributed by atoms with Crippen LogP contribution in [-0.2, 0) is 18.9 Å². The number of hydrogen-bond acceptors (Lipinski definition) is 13. The summed E-state index contributed by atoms with van der Waals surface area (Å²) in [4.78, 5) is 12.4. The maximum atomic E-state index is 12.4. The molecule has 1 aromatic rings. The third-order valence-corrected chi connectivity index (χ3v) is 7.34. The summed E-state index contributed by atoms with van der Waals surface area (Å²) in [5.74, 6) is -0.606. The zero-order valence-corrected chi connectivity index (χ0v) is 23.1. The summed E-state index contributed by atoms with van der Waals surface area (Å²) in [5, 5.41) is 71.4. The first kappa shape index (κ1) is 32.6. The van der Waals surface area contributed by atoms with Crippen LogP contribution in [0.25, 0.3) is 0 Å². The van der Waals surface area contributed by atoms with Crippen molar-refractivity contribution < 1.29 is 64.2 Å². The van der Waals surface area contributed by atoms with Crippen LogP contribution in [0.2, 0.25) is 0 Å². The number of carbonyl (C=O) groups excluding carboxylic acids is 1. The van der Waals surface area contributed by atoms with Gasteiger partial charge in [0, 0.05) is 5.92 Å². The standard InChI is InChI=1S/C27H42O13/c1-12(2)14-6-5-7-15(13(3)4)24(14)40-27(35)37-9-8-36-26-23(34)20(31)18(16(10-28)39-26)25-22(33)21(32)19(30)17(11-29)38-25/h5-7,12-13,16-23,25-26,28-34H,8-11H2,1-4H3/t16?,17?,18-,19+,20?,21?,22+,23+,25+,26?/m0/s1. The molecule has 228 valence electrons. The smallest absolute Gasteiger partial charge is 0.432 e. The van der Waals surface area contributed by atoms with E-state index in [-0.39, 0.29) is 25.0 Å². The molecule has 0 spiro atoms. The van der Waals surface area contributed by atoms with Crippen LogP contribution in [0.5, 0.6) is 5.75 Å². The highest BCUT2D eigenvalue weighted by molar-refractivity contribution is 5.66. The molecule has 2 aliphatic heterocycles. The lowest BCUT2D eigenvalue weighted by atomic mass is 9.79. The minimum atomic E-state index is -1.71. The number of carbonyl (C=O) groups is 1. The van der Waals surface area contributed by atoms with E-state index in [9.17, 15) is 40.5 Å². The van der Waals surface area contributed by atoms with Crippen LogP contribution < -0.4 is 4.74 Å². The minimum Gasteiger partial charge on any atom is -0.432 e. The molecule has 2 aliphatic rings. The van der Waals surface area contributed by atoms with Crippen LogP contribution in [0.4, 0.5) is 4.79 Å². The molecule has 0 bridgehead atoms. The van der Waals surface area contributed by atoms with Crippen molar-refractivity contribution in [3.05, 3.63) is 29.3 Å². The Kier molecular flexibility index (Phi) is 11.7. The van der Waals surface area contributed by atoms with Gasteiger partial charge in [0.2, 0.25) is 0 Å². The van der Waals surface area contributed by atoms with E-state index in [0.29, 0.717) is 5.75 Å². The van der Waals surface area contributed by atoms with Crippen molar-refractivity contribution in [1.29, 1.82) is 0 Å². The van der Waals surface area contributed by atoms with E-state index in [0.717, 1.165) is 11.1 Å². The second-order valence-electron chi connectivity index (χ2n) is 10.7. The van der Waals surface area contributed by atoms with Crippen molar-refractivity contribution in [3.63, 3.8) is 0 Å². The molecule has 7 N–H and O–H groups in total. The van der Waals surface area contributed by atoms with Gasteiger partial charge in [0.1, 0.15) is 42.9 Å². The third-order valence-electron chi connectivity index (χ3n) is 7.34. The molecule has 0 amide bonds. The van der Waals surface area contributed by atoms with Crippen molar-refractivity contribution in [2.24, 2.45) is 5.92 Å². The van der Waals surface area contributed by atoms with Gasteiger partial charge in [-0.05, 0) is 23.0 Å². The topological polar surface area (TPSA) is 205 Å². The molecule has 10 atom stereocenters. The summed E-state index contributed by atoms with van der Waals surface area (Å²) in [7, 11) is 0. The van der Waals surface area contributed by atoms with E-state index >= 15 is 0 Å². The number of rotatable bonds is 10. The van der Waals surface area contributed by atoms with Gasteiger partial charge in [0.15, 0.2) is 6.29 Å². The van der Waals surface area contributed by atoms with Gasteiger partial charge >= 0.3 is 6.16 Å². The Bertz CT molecular complexity index is 926. The molecule has 40 heavy (non-hydrogen) atoms.